The van der Waals surface area contributed by atoms with E-state index in [-0.39, 0.29) is 24.1 Å². The number of anilines is 1. The molecule has 0 aliphatic carbocycles. The van der Waals surface area contributed by atoms with Crippen LogP contribution in [0.2, 0.25) is 0 Å². The molecule has 4 rings (SSSR count). The summed E-state index contributed by atoms with van der Waals surface area (Å²) in [6.45, 7) is 5.68. The second-order valence-corrected chi connectivity index (χ2v) is 9.39. The fraction of sp³-hybridized carbons (Fsp3) is 0.286. The number of aromatic nitrogens is 3. The number of benzene rings is 3. The Morgan fingerprint density at radius 2 is 1.73 bits per heavy atom. The van der Waals surface area contributed by atoms with E-state index < -0.39 is 11.6 Å². The summed E-state index contributed by atoms with van der Waals surface area (Å²) in [4.78, 5) is 29.4. The molecule has 1 atom stereocenters. The number of amides is 2. The van der Waals surface area contributed by atoms with Crippen LogP contribution in [0.1, 0.15) is 38.8 Å². The van der Waals surface area contributed by atoms with Gasteiger partial charge in [-0.05, 0) is 62.2 Å². The fourth-order valence-electron chi connectivity index (χ4n) is 4.05. The summed E-state index contributed by atoms with van der Waals surface area (Å²) in [6, 6.07) is 19.6. The first-order valence-corrected chi connectivity index (χ1v) is 12.1. The van der Waals surface area contributed by atoms with E-state index in [0.717, 1.165) is 0 Å². The van der Waals surface area contributed by atoms with Gasteiger partial charge in [-0.25, -0.2) is 4.68 Å². The maximum absolute atomic E-state index is 14.1. The average molecular weight is 502 g/mol. The maximum atomic E-state index is 14.1. The topological polar surface area (TPSA) is 110 Å². The molecule has 4 aromatic rings. The van der Waals surface area contributed by atoms with Gasteiger partial charge in [0, 0.05) is 5.54 Å². The molecule has 9 heteroatoms. The van der Waals surface area contributed by atoms with Crippen LogP contribution in [0.15, 0.2) is 72.8 Å². The van der Waals surface area contributed by atoms with Crippen molar-refractivity contribution in [3.05, 3.63) is 78.4 Å². The van der Waals surface area contributed by atoms with E-state index in [1.807, 2.05) is 45.0 Å². The minimum Gasteiger partial charge on any atom is -0.508 e. The van der Waals surface area contributed by atoms with Crippen LogP contribution in [0, 0.1) is 0 Å². The van der Waals surface area contributed by atoms with E-state index in [4.69, 9.17) is 4.74 Å². The number of rotatable bonds is 9. The Balaban J connectivity index is 1.85. The molecule has 0 radical (unpaired) electrons. The summed E-state index contributed by atoms with van der Waals surface area (Å²) in [5.41, 5.74) is 1.82. The van der Waals surface area contributed by atoms with Crippen LogP contribution in [-0.4, -0.2) is 44.6 Å². The summed E-state index contributed by atoms with van der Waals surface area (Å²) in [5, 5.41) is 21.3. The molecule has 2 N–H and O–H groups in total. The molecule has 0 spiro atoms. The van der Waals surface area contributed by atoms with Gasteiger partial charge < -0.3 is 15.2 Å². The minimum atomic E-state index is -1.05. The van der Waals surface area contributed by atoms with E-state index in [9.17, 15) is 14.7 Å². The van der Waals surface area contributed by atoms with Gasteiger partial charge in [0.15, 0.2) is 0 Å². The van der Waals surface area contributed by atoms with Crippen molar-refractivity contribution in [2.45, 2.75) is 45.3 Å². The second-order valence-electron chi connectivity index (χ2n) is 9.39. The Morgan fingerprint density at radius 3 is 2.43 bits per heavy atom. The minimum absolute atomic E-state index is 0.0565. The number of nitrogens with zero attached hydrogens (tertiary/aromatic N) is 4. The van der Waals surface area contributed by atoms with Gasteiger partial charge in [0.1, 0.15) is 29.6 Å². The van der Waals surface area contributed by atoms with Gasteiger partial charge in [-0.1, -0.05) is 48.5 Å². The zero-order valence-corrected chi connectivity index (χ0v) is 21.4. The molecule has 0 fully saturated rings. The van der Waals surface area contributed by atoms with Crippen LogP contribution >= 0.6 is 0 Å². The van der Waals surface area contributed by atoms with Crippen molar-refractivity contribution in [2.75, 3.05) is 12.0 Å². The van der Waals surface area contributed by atoms with Gasteiger partial charge in [-0.2, -0.15) is 0 Å². The van der Waals surface area contributed by atoms with Gasteiger partial charge in [-0.3, -0.25) is 14.5 Å². The molecule has 37 heavy (non-hydrogen) atoms. The van der Waals surface area contributed by atoms with Crippen molar-refractivity contribution >= 4 is 28.5 Å². The third-order valence-electron chi connectivity index (χ3n) is 6.38. The molecular weight excluding hydrogens is 470 g/mol. The standard InChI is InChI=1S/C28H31N5O4/c1-5-28(2,3)29-27(36)26(19-14-16-20(34)17-15-19)33(23-12-8-9-13-24(23)37-4)25(35)18-32-22-11-7-6-10-21(22)30-31-32/h6-17,26,34H,5,18H2,1-4H3,(H,29,36)/t26-/m0/s1. The van der Waals surface area contributed by atoms with Crippen molar-refractivity contribution in [1.82, 2.24) is 20.3 Å². The average Bonchev–Trinajstić information content (AvgIpc) is 3.30. The lowest BCUT2D eigenvalue weighted by atomic mass is 9.98. The first-order valence-electron chi connectivity index (χ1n) is 12.1. The molecule has 2 amide bonds. The number of phenolic OH excluding ortho intramolecular Hbond substituents is 1. The van der Waals surface area contributed by atoms with Crippen molar-refractivity contribution < 1.29 is 19.4 Å². The SMILES string of the molecule is CCC(C)(C)NC(=O)[C@H](c1ccc(O)cc1)N(C(=O)Cn1nnc2ccccc21)c1ccccc1OC. The highest BCUT2D eigenvalue weighted by Crippen LogP contribution is 2.36. The zero-order chi connectivity index (χ0) is 26.6. The predicted molar refractivity (Wildman–Crippen MR) is 141 cm³/mol. The molecule has 3 aromatic carbocycles. The molecule has 1 aromatic heterocycles. The summed E-state index contributed by atoms with van der Waals surface area (Å²) in [6.07, 6.45) is 0.689. The molecule has 0 aliphatic rings. The lowest BCUT2D eigenvalue weighted by Gasteiger charge is -2.35. The van der Waals surface area contributed by atoms with Crippen LogP contribution in [0.25, 0.3) is 11.0 Å². The lowest BCUT2D eigenvalue weighted by molar-refractivity contribution is -0.128. The number of para-hydroxylation sites is 3. The summed E-state index contributed by atoms with van der Waals surface area (Å²) in [7, 11) is 1.52. The molecule has 1 heterocycles. The Kier molecular flexibility index (Phi) is 7.42. The molecule has 0 saturated heterocycles. The number of phenols is 1. The number of ether oxygens (including phenoxy) is 1. The summed E-state index contributed by atoms with van der Waals surface area (Å²) >= 11 is 0. The third-order valence-corrected chi connectivity index (χ3v) is 6.38. The Bertz CT molecular complexity index is 1400. The molecular formula is C28H31N5O4. The highest BCUT2D eigenvalue weighted by atomic mass is 16.5. The van der Waals surface area contributed by atoms with E-state index in [1.165, 1.54) is 28.8 Å². The van der Waals surface area contributed by atoms with Crippen molar-refractivity contribution in [3.63, 3.8) is 0 Å². The number of hydrogen-bond donors (Lipinski definition) is 2. The number of fused-ring (bicyclic) bond motifs is 1. The van der Waals surface area contributed by atoms with Gasteiger partial charge in [0.2, 0.25) is 11.8 Å². The Hall–Kier alpha value is -4.40. The summed E-state index contributed by atoms with van der Waals surface area (Å²) in [5.74, 6) is -0.255. The first kappa shape index (κ1) is 25.7. The zero-order valence-electron chi connectivity index (χ0n) is 21.4. The Morgan fingerprint density at radius 1 is 1.05 bits per heavy atom. The van der Waals surface area contributed by atoms with Crippen molar-refractivity contribution in [3.8, 4) is 11.5 Å². The normalized spacial score (nSPS) is 12.2. The molecule has 9 nitrogen and oxygen atoms in total. The van der Waals surface area contributed by atoms with Gasteiger partial charge in [0.25, 0.3) is 0 Å². The van der Waals surface area contributed by atoms with Crippen LogP contribution in [-0.2, 0) is 16.1 Å². The number of hydrogen-bond acceptors (Lipinski definition) is 6. The van der Waals surface area contributed by atoms with E-state index >= 15 is 0 Å². The highest BCUT2D eigenvalue weighted by Gasteiger charge is 2.36. The quantitative estimate of drug-likeness (QED) is 0.355. The Labute approximate surface area is 215 Å². The third kappa shape index (κ3) is 5.55. The van der Waals surface area contributed by atoms with Crippen molar-refractivity contribution in [1.29, 1.82) is 0 Å². The van der Waals surface area contributed by atoms with E-state index in [2.05, 4.69) is 15.6 Å². The van der Waals surface area contributed by atoms with Crippen LogP contribution in [0.3, 0.4) is 0 Å². The van der Waals surface area contributed by atoms with Crippen molar-refractivity contribution in [2.24, 2.45) is 0 Å². The number of methoxy groups -OCH3 is 1. The second kappa shape index (κ2) is 10.7. The smallest absolute Gasteiger partial charge is 0.249 e. The van der Waals surface area contributed by atoms with E-state index in [1.54, 1.807) is 36.4 Å². The molecule has 0 unspecified atom stereocenters. The van der Waals surface area contributed by atoms with E-state index in [0.29, 0.717) is 34.5 Å². The lowest BCUT2D eigenvalue weighted by Crippen LogP contribution is -2.51. The molecule has 0 bridgehead atoms. The molecule has 0 saturated carbocycles. The number of carbonyl (C=O) groups excluding carboxylic acids is 2. The van der Waals surface area contributed by atoms with Crippen LogP contribution < -0.4 is 15.0 Å². The number of carbonyl (C=O) groups is 2. The largest absolute Gasteiger partial charge is 0.508 e. The monoisotopic (exact) mass is 501 g/mol. The summed E-state index contributed by atoms with van der Waals surface area (Å²) < 4.78 is 7.10. The molecule has 0 aliphatic heterocycles. The number of nitrogens with one attached hydrogen (secondary N) is 1. The van der Waals surface area contributed by atoms with Gasteiger partial charge >= 0.3 is 0 Å². The van der Waals surface area contributed by atoms with Gasteiger partial charge in [-0.15, -0.1) is 5.10 Å². The highest BCUT2D eigenvalue weighted by molar-refractivity contribution is 6.02. The van der Waals surface area contributed by atoms with Crippen LogP contribution in [0.4, 0.5) is 5.69 Å². The molecule has 192 valence electrons. The number of aromatic hydroxyl groups is 1. The first-order chi connectivity index (χ1) is 17.7. The predicted octanol–water partition coefficient (Wildman–Crippen LogP) is 4.22. The van der Waals surface area contributed by atoms with Gasteiger partial charge in [0.05, 0.1) is 18.3 Å². The maximum Gasteiger partial charge on any atom is 0.249 e. The fourth-order valence-corrected chi connectivity index (χ4v) is 4.05. The van der Waals surface area contributed by atoms with Crippen LogP contribution in [0.5, 0.6) is 11.5 Å².